The number of allylic oxidation sites excluding steroid dienone is 5. The fraction of sp³-hybridized carbons (Fsp3) is 0.350. The normalized spacial score (nSPS) is 16.3. The molecular formula is C20H24N2O. The molecule has 1 heterocycles. The van der Waals surface area contributed by atoms with Crippen LogP contribution >= 0.6 is 0 Å². The first kappa shape index (κ1) is 17.1. The molecule has 0 aromatic heterocycles. The Kier molecular flexibility index (Phi) is 6.65. The zero-order valence-corrected chi connectivity index (χ0v) is 13.7. The van der Waals surface area contributed by atoms with Crippen LogP contribution in [-0.2, 0) is 0 Å². The van der Waals surface area contributed by atoms with Gasteiger partial charge in [0, 0.05) is 0 Å². The van der Waals surface area contributed by atoms with Crippen LogP contribution in [0.25, 0.3) is 5.57 Å². The van der Waals surface area contributed by atoms with Crippen LogP contribution in [0.15, 0.2) is 49.1 Å². The van der Waals surface area contributed by atoms with E-state index in [1.165, 1.54) is 0 Å². The van der Waals surface area contributed by atoms with Crippen molar-refractivity contribution in [1.29, 1.82) is 5.26 Å². The fourth-order valence-electron chi connectivity index (χ4n) is 2.73. The lowest BCUT2D eigenvalue weighted by molar-refractivity contribution is 0.215. The molecule has 120 valence electrons. The van der Waals surface area contributed by atoms with Gasteiger partial charge in [-0.3, -0.25) is 0 Å². The minimum atomic E-state index is 0.571. The summed E-state index contributed by atoms with van der Waals surface area (Å²) >= 11 is 0. The van der Waals surface area contributed by atoms with Crippen LogP contribution in [0, 0.1) is 17.2 Å². The van der Waals surface area contributed by atoms with Crippen LogP contribution in [0.4, 0.5) is 0 Å². The minimum absolute atomic E-state index is 0.571. The summed E-state index contributed by atoms with van der Waals surface area (Å²) in [5.41, 5.74) is 2.61. The van der Waals surface area contributed by atoms with E-state index < -0.39 is 0 Å². The van der Waals surface area contributed by atoms with Crippen molar-refractivity contribution in [3.63, 3.8) is 0 Å². The van der Waals surface area contributed by atoms with Crippen molar-refractivity contribution < 1.29 is 4.74 Å². The second-order valence-electron chi connectivity index (χ2n) is 5.68. The Balaban J connectivity index is 2.14. The average molecular weight is 308 g/mol. The van der Waals surface area contributed by atoms with E-state index in [9.17, 15) is 5.26 Å². The topological polar surface area (TPSA) is 45.0 Å². The molecule has 0 unspecified atom stereocenters. The van der Waals surface area contributed by atoms with E-state index in [1.807, 2.05) is 43.4 Å². The molecule has 1 N–H and O–H groups in total. The second kappa shape index (κ2) is 8.97. The molecule has 1 saturated heterocycles. The van der Waals surface area contributed by atoms with E-state index in [0.29, 0.717) is 23.8 Å². The Morgan fingerprint density at radius 1 is 1.43 bits per heavy atom. The number of piperidine rings is 1. The highest BCUT2D eigenvalue weighted by molar-refractivity contribution is 5.76. The molecule has 1 aromatic rings. The number of rotatable bonds is 6. The Morgan fingerprint density at radius 2 is 2.22 bits per heavy atom. The van der Waals surface area contributed by atoms with Crippen LogP contribution < -0.4 is 10.1 Å². The molecule has 0 bridgehead atoms. The molecule has 1 fully saturated rings. The Morgan fingerprint density at radius 3 is 2.87 bits per heavy atom. The lowest BCUT2D eigenvalue weighted by Crippen LogP contribution is -2.30. The third-order valence-corrected chi connectivity index (χ3v) is 4.01. The monoisotopic (exact) mass is 308 g/mol. The largest absolute Gasteiger partial charge is 0.492 e. The predicted molar refractivity (Wildman–Crippen MR) is 95.2 cm³/mol. The highest BCUT2D eigenvalue weighted by atomic mass is 16.5. The van der Waals surface area contributed by atoms with E-state index in [4.69, 9.17) is 4.74 Å². The average Bonchev–Trinajstić information content (AvgIpc) is 2.60. The standard InChI is InChI=1S/C20H24N2O/c1-3-5-17(6-4-2)18-7-8-20(19(13-18)14-21)23-15-16-9-11-22-12-10-16/h3-8,13,16,22H,1,9-12,15H2,2H3/b6-4-,17-5+. The molecule has 23 heavy (non-hydrogen) atoms. The SMILES string of the molecule is C=C/C=C(\C=C/C)c1ccc(OCC2CCNCC2)c(C#N)c1. The van der Waals surface area contributed by atoms with Gasteiger partial charge in [-0.05, 0) is 62.0 Å². The molecule has 1 aromatic carbocycles. The van der Waals surface area contributed by atoms with Gasteiger partial charge in [0.25, 0.3) is 0 Å². The summed E-state index contributed by atoms with van der Waals surface area (Å²) in [5, 5.41) is 12.8. The number of nitrogens with one attached hydrogen (secondary N) is 1. The van der Waals surface area contributed by atoms with Gasteiger partial charge in [0.2, 0.25) is 0 Å². The van der Waals surface area contributed by atoms with Crippen molar-refractivity contribution in [2.75, 3.05) is 19.7 Å². The molecule has 0 atom stereocenters. The molecule has 2 rings (SSSR count). The number of hydrogen-bond donors (Lipinski definition) is 1. The minimum Gasteiger partial charge on any atom is -0.492 e. The van der Waals surface area contributed by atoms with Gasteiger partial charge in [-0.25, -0.2) is 0 Å². The van der Waals surface area contributed by atoms with Crippen molar-refractivity contribution in [2.24, 2.45) is 5.92 Å². The van der Waals surface area contributed by atoms with E-state index in [1.54, 1.807) is 6.08 Å². The van der Waals surface area contributed by atoms with Gasteiger partial charge in [-0.15, -0.1) is 0 Å². The van der Waals surface area contributed by atoms with Gasteiger partial charge < -0.3 is 10.1 Å². The zero-order valence-electron chi connectivity index (χ0n) is 13.7. The summed E-state index contributed by atoms with van der Waals surface area (Å²) in [6.07, 6.45) is 9.94. The van der Waals surface area contributed by atoms with Crippen LogP contribution in [-0.4, -0.2) is 19.7 Å². The number of benzene rings is 1. The summed E-state index contributed by atoms with van der Waals surface area (Å²) in [7, 11) is 0. The molecule has 3 nitrogen and oxygen atoms in total. The van der Waals surface area contributed by atoms with Gasteiger partial charge >= 0.3 is 0 Å². The first-order valence-corrected chi connectivity index (χ1v) is 8.12. The lowest BCUT2D eigenvalue weighted by Gasteiger charge is -2.23. The number of nitrogens with zero attached hydrogens (tertiary/aromatic N) is 1. The maximum Gasteiger partial charge on any atom is 0.137 e. The van der Waals surface area contributed by atoms with E-state index in [0.717, 1.165) is 37.1 Å². The summed E-state index contributed by atoms with van der Waals surface area (Å²) in [6, 6.07) is 8.02. The van der Waals surface area contributed by atoms with Crippen LogP contribution in [0.1, 0.15) is 30.9 Å². The van der Waals surface area contributed by atoms with Crippen molar-refractivity contribution in [3.05, 3.63) is 60.2 Å². The molecule has 3 heteroatoms. The fourth-order valence-corrected chi connectivity index (χ4v) is 2.73. The number of nitriles is 1. The first-order chi connectivity index (χ1) is 11.3. The quantitative estimate of drug-likeness (QED) is 0.805. The molecule has 0 spiro atoms. The predicted octanol–water partition coefficient (Wildman–Crippen LogP) is 4.08. The summed E-state index contributed by atoms with van der Waals surface area (Å²) < 4.78 is 5.91. The van der Waals surface area contributed by atoms with Crippen LogP contribution in [0.5, 0.6) is 5.75 Å². The van der Waals surface area contributed by atoms with Crippen molar-refractivity contribution >= 4 is 5.57 Å². The molecule has 0 amide bonds. The second-order valence-corrected chi connectivity index (χ2v) is 5.68. The summed E-state index contributed by atoms with van der Waals surface area (Å²) in [6.45, 7) is 8.50. The van der Waals surface area contributed by atoms with Crippen molar-refractivity contribution in [1.82, 2.24) is 5.32 Å². The molecule has 1 aliphatic heterocycles. The van der Waals surface area contributed by atoms with Gasteiger partial charge in [-0.2, -0.15) is 5.26 Å². The molecule has 0 saturated carbocycles. The van der Waals surface area contributed by atoms with Crippen molar-refractivity contribution in [2.45, 2.75) is 19.8 Å². The molecule has 0 aliphatic carbocycles. The van der Waals surface area contributed by atoms with E-state index in [-0.39, 0.29) is 0 Å². The summed E-state index contributed by atoms with van der Waals surface area (Å²) in [4.78, 5) is 0. The number of ether oxygens (including phenoxy) is 1. The third-order valence-electron chi connectivity index (χ3n) is 4.01. The highest BCUT2D eigenvalue weighted by Crippen LogP contribution is 2.25. The molecule has 1 aliphatic rings. The Labute approximate surface area is 139 Å². The summed E-state index contributed by atoms with van der Waals surface area (Å²) in [5.74, 6) is 1.25. The Bertz CT molecular complexity index is 632. The van der Waals surface area contributed by atoms with Gasteiger partial charge in [-0.1, -0.05) is 36.9 Å². The maximum atomic E-state index is 9.42. The zero-order chi connectivity index (χ0) is 16.5. The highest BCUT2D eigenvalue weighted by Gasteiger charge is 2.15. The first-order valence-electron chi connectivity index (χ1n) is 8.12. The van der Waals surface area contributed by atoms with E-state index in [2.05, 4.69) is 18.0 Å². The molecular weight excluding hydrogens is 284 g/mol. The smallest absolute Gasteiger partial charge is 0.137 e. The molecule has 0 radical (unpaired) electrons. The lowest BCUT2D eigenvalue weighted by atomic mass is 9.99. The number of hydrogen-bond acceptors (Lipinski definition) is 3. The Hall–Kier alpha value is -2.31. The van der Waals surface area contributed by atoms with Crippen molar-refractivity contribution in [3.8, 4) is 11.8 Å². The van der Waals surface area contributed by atoms with Crippen LogP contribution in [0.3, 0.4) is 0 Å². The van der Waals surface area contributed by atoms with Gasteiger partial charge in [0.1, 0.15) is 11.8 Å². The van der Waals surface area contributed by atoms with Gasteiger partial charge in [0.15, 0.2) is 0 Å². The van der Waals surface area contributed by atoms with Crippen LogP contribution in [0.2, 0.25) is 0 Å². The third kappa shape index (κ3) is 4.84. The maximum absolute atomic E-state index is 9.42. The van der Waals surface area contributed by atoms with Gasteiger partial charge in [0.05, 0.1) is 12.2 Å². The van der Waals surface area contributed by atoms with E-state index >= 15 is 0 Å².